The highest BCUT2D eigenvalue weighted by Crippen LogP contribution is 2.16. The predicted molar refractivity (Wildman–Crippen MR) is 53.3 cm³/mol. The van der Waals surface area contributed by atoms with Crippen LogP contribution in [0.3, 0.4) is 0 Å². The molecule has 0 saturated heterocycles. The van der Waals surface area contributed by atoms with E-state index >= 15 is 0 Å². The third-order valence-electron chi connectivity index (χ3n) is 1.61. The van der Waals surface area contributed by atoms with E-state index < -0.39 is 31.1 Å². The van der Waals surface area contributed by atoms with Gasteiger partial charge < -0.3 is 15.3 Å². The first-order chi connectivity index (χ1) is 7.76. The number of hydrogen-bond acceptors (Lipinski definition) is 3. The molecule has 0 rings (SSSR count). The minimum atomic E-state index is -4.62. The summed E-state index contributed by atoms with van der Waals surface area (Å²) in [4.78, 5) is 21.9. The second kappa shape index (κ2) is 6.89. The third kappa shape index (κ3) is 8.26. The number of carbonyl (C=O) groups excluding carboxylic acids is 1. The molecule has 0 saturated carbocycles. The monoisotopic (exact) mass is 254 g/mol. The van der Waals surface area contributed by atoms with Crippen LogP contribution in [-0.4, -0.2) is 54.2 Å². The minimum Gasteiger partial charge on any atom is -0.480 e. The molecule has 2 N–H and O–H groups in total. The molecule has 0 fully saturated rings. The van der Waals surface area contributed by atoms with Crippen molar-refractivity contribution in [2.75, 3.05) is 26.2 Å². The van der Waals surface area contributed by atoms with E-state index in [4.69, 9.17) is 5.11 Å². The molecule has 0 bridgehead atoms. The van der Waals surface area contributed by atoms with Gasteiger partial charge in [0.15, 0.2) is 0 Å². The van der Waals surface area contributed by atoms with Gasteiger partial charge in [-0.15, -0.1) is 6.58 Å². The molecule has 5 nitrogen and oxygen atoms in total. The van der Waals surface area contributed by atoms with Crippen molar-refractivity contribution >= 4 is 11.9 Å². The summed E-state index contributed by atoms with van der Waals surface area (Å²) in [5.74, 6) is -2.42. The van der Waals surface area contributed by atoms with Crippen molar-refractivity contribution in [3.8, 4) is 0 Å². The molecule has 0 aromatic rings. The van der Waals surface area contributed by atoms with Gasteiger partial charge in [-0.25, -0.2) is 0 Å². The standard InChI is InChI=1S/C9H13F3N2O3/c1-2-3-13-4-7(15)14(5-8(16)17)6-9(10,11)12/h2,13H,1,3-6H2,(H,16,17). The number of carboxylic acid groups (broad SMARTS) is 1. The highest BCUT2D eigenvalue weighted by Gasteiger charge is 2.33. The van der Waals surface area contributed by atoms with E-state index in [2.05, 4.69) is 11.9 Å². The van der Waals surface area contributed by atoms with Gasteiger partial charge in [0.1, 0.15) is 13.1 Å². The molecule has 0 aromatic heterocycles. The highest BCUT2D eigenvalue weighted by atomic mass is 19.4. The largest absolute Gasteiger partial charge is 0.480 e. The molecule has 0 spiro atoms. The van der Waals surface area contributed by atoms with Gasteiger partial charge in [-0.1, -0.05) is 6.08 Å². The predicted octanol–water partition coefficient (Wildman–Crippen LogP) is 0.237. The van der Waals surface area contributed by atoms with Crippen molar-refractivity contribution in [3.63, 3.8) is 0 Å². The third-order valence-corrected chi connectivity index (χ3v) is 1.61. The number of amides is 1. The van der Waals surface area contributed by atoms with Gasteiger partial charge in [0.25, 0.3) is 0 Å². The molecule has 17 heavy (non-hydrogen) atoms. The maximum atomic E-state index is 12.1. The highest BCUT2D eigenvalue weighted by molar-refractivity contribution is 5.82. The van der Waals surface area contributed by atoms with Crippen molar-refractivity contribution in [3.05, 3.63) is 12.7 Å². The first kappa shape index (κ1) is 15.4. The quantitative estimate of drug-likeness (QED) is 0.504. The fourth-order valence-electron chi connectivity index (χ4n) is 1.00. The fraction of sp³-hybridized carbons (Fsp3) is 0.556. The van der Waals surface area contributed by atoms with Crippen molar-refractivity contribution < 1.29 is 27.9 Å². The zero-order valence-electron chi connectivity index (χ0n) is 8.96. The average Bonchev–Trinajstić information content (AvgIpc) is 2.14. The van der Waals surface area contributed by atoms with Crippen LogP contribution < -0.4 is 5.32 Å². The number of nitrogens with zero attached hydrogens (tertiary/aromatic N) is 1. The van der Waals surface area contributed by atoms with Gasteiger partial charge in [0.05, 0.1) is 6.54 Å². The van der Waals surface area contributed by atoms with Crippen LogP contribution >= 0.6 is 0 Å². The Morgan fingerprint density at radius 3 is 2.41 bits per heavy atom. The molecule has 0 aliphatic heterocycles. The van der Waals surface area contributed by atoms with E-state index in [1.54, 1.807) is 0 Å². The lowest BCUT2D eigenvalue weighted by Crippen LogP contribution is -2.45. The number of alkyl halides is 3. The van der Waals surface area contributed by atoms with Gasteiger partial charge in [-0.3, -0.25) is 9.59 Å². The van der Waals surface area contributed by atoms with Gasteiger partial charge >= 0.3 is 12.1 Å². The van der Waals surface area contributed by atoms with Gasteiger partial charge in [-0.05, 0) is 0 Å². The molecule has 0 aliphatic rings. The van der Waals surface area contributed by atoms with E-state index in [1.165, 1.54) is 6.08 Å². The van der Waals surface area contributed by atoms with Crippen LogP contribution in [0.2, 0.25) is 0 Å². The fourth-order valence-corrected chi connectivity index (χ4v) is 1.00. The van der Waals surface area contributed by atoms with Crippen LogP contribution in [-0.2, 0) is 9.59 Å². The van der Waals surface area contributed by atoms with Crippen LogP contribution in [0.4, 0.5) is 13.2 Å². The Bertz CT molecular complexity index is 292. The van der Waals surface area contributed by atoms with Crippen LogP contribution in [0.15, 0.2) is 12.7 Å². The Balaban J connectivity index is 4.39. The van der Waals surface area contributed by atoms with Crippen molar-refractivity contribution in [1.29, 1.82) is 0 Å². The Hall–Kier alpha value is -1.57. The number of carbonyl (C=O) groups is 2. The van der Waals surface area contributed by atoms with E-state index in [0.29, 0.717) is 0 Å². The Labute approximate surface area is 95.9 Å². The molecule has 0 aliphatic carbocycles. The first-order valence-corrected chi connectivity index (χ1v) is 4.64. The lowest BCUT2D eigenvalue weighted by molar-refractivity contribution is -0.165. The summed E-state index contributed by atoms with van der Waals surface area (Å²) in [6.45, 7) is 0.678. The normalized spacial score (nSPS) is 11.0. The van der Waals surface area contributed by atoms with E-state index in [9.17, 15) is 22.8 Å². The lowest BCUT2D eigenvalue weighted by Gasteiger charge is -2.22. The smallest absolute Gasteiger partial charge is 0.406 e. The first-order valence-electron chi connectivity index (χ1n) is 4.64. The summed E-state index contributed by atoms with van der Waals surface area (Å²) in [5, 5.41) is 10.9. The summed E-state index contributed by atoms with van der Waals surface area (Å²) in [6.07, 6.45) is -3.19. The number of nitrogens with one attached hydrogen (secondary N) is 1. The van der Waals surface area contributed by atoms with Crippen molar-refractivity contribution in [1.82, 2.24) is 10.2 Å². The molecular weight excluding hydrogens is 241 g/mol. The molecule has 0 radical (unpaired) electrons. The lowest BCUT2D eigenvalue weighted by atomic mass is 10.4. The van der Waals surface area contributed by atoms with E-state index in [1.807, 2.05) is 0 Å². The van der Waals surface area contributed by atoms with Crippen LogP contribution in [0.25, 0.3) is 0 Å². The van der Waals surface area contributed by atoms with Gasteiger partial charge in [-0.2, -0.15) is 13.2 Å². The number of halogens is 3. The number of aliphatic carboxylic acids is 1. The van der Waals surface area contributed by atoms with E-state index in [-0.39, 0.29) is 18.0 Å². The SMILES string of the molecule is C=CCNCC(=O)N(CC(=O)O)CC(F)(F)F. The molecule has 1 amide bonds. The molecule has 98 valence electrons. The Kier molecular flexibility index (Phi) is 6.26. The zero-order chi connectivity index (χ0) is 13.5. The molecule has 8 heteroatoms. The molecule has 0 aromatic carbocycles. The molecule has 0 atom stereocenters. The number of carboxylic acids is 1. The van der Waals surface area contributed by atoms with E-state index in [0.717, 1.165) is 0 Å². The molecular formula is C9H13F3N2O3. The van der Waals surface area contributed by atoms with Crippen LogP contribution in [0.5, 0.6) is 0 Å². The topological polar surface area (TPSA) is 69.6 Å². The number of hydrogen-bond donors (Lipinski definition) is 2. The average molecular weight is 254 g/mol. The Morgan fingerprint density at radius 2 is 2.00 bits per heavy atom. The summed E-state index contributed by atoms with van der Waals surface area (Å²) in [6, 6.07) is 0. The second-order valence-corrected chi connectivity index (χ2v) is 3.18. The Morgan fingerprint density at radius 1 is 1.41 bits per heavy atom. The summed E-state index contributed by atoms with van der Waals surface area (Å²) in [5.41, 5.74) is 0. The van der Waals surface area contributed by atoms with Crippen LogP contribution in [0.1, 0.15) is 0 Å². The second-order valence-electron chi connectivity index (χ2n) is 3.18. The summed E-state index contributed by atoms with van der Waals surface area (Å²) in [7, 11) is 0. The summed E-state index contributed by atoms with van der Waals surface area (Å²) < 4.78 is 36.2. The van der Waals surface area contributed by atoms with Crippen molar-refractivity contribution in [2.24, 2.45) is 0 Å². The minimum absolute atomic E-state index is 0.235. The van der Waals surface area contributed by atoms with Crippen molar-refractivity contribution in [2.45, 2.75) is 6.18 Å². The zero-order valence-corrected chi connectivity index (χ0v) is 8.96. The molecule has 0 heterocycles. The van der Waals surface area contributed by atoms with Gasteiger partial charge in [0.2, 0.25) is 5.91 Å². The maximum absolute atomic E-state index is 12.1. The van der Waals surface area contributed by atoms with Crippen LogP contribution in [0, 0.1) is 0 Å². The molecule has 0 unspecified atom stereocenters. The number of rotatable bonds is 7. The van der Waals surface area contributed by atoms with Gasteiger partial charge in [0, 0.05) is 6.54 Å². The summed E-state index contributed by atoms with van der Waals surface area (Å²) >= 11 is 0. The maximum Gasteiger partial charge on any atom is 0.406 e.